The summed E-state index contributed by atoms with van der Waals surface area (Å²) in [6.45, 7) is 2.96. The Hall–Kier alpha value is -1.42. The number of aromatic nitrogens is 2. The summed E-state index contributed by atoms with van der Waals surface area (Å²) in [5.74, 6) is 0.906. The van der Waals surface area contributed by atoms with Crippen molar-refractivity contribution >= 4 is 21.7 Å². The van der Waals surface area contributed by atoms with E-state index in [4.69, 9.17) is 0 Å². The minimum Gasteiger partial charge on any atom is -0.354 e. The van der Waals surface area contributed by atoms with Gasteiger partial charge in [-0.05, 0) is 34.0 Å². The summed E-state index contributed by atoms with van der Waals surface area (Å²) in [6, 6.07) is 8.38. The first-order valence-corrected chi connectivity index (χ1v) is 6.19. The van der Waals surface area contributed by atoms with Gasteiger partial charge in [0.2, 0.25) is 0 Å². The summed E-state index contributed by atoms with van der Waals surface area (Å²) >= 11 is 3.46. The predicted molar refractivity (Wildman–Crippen MR) is 73.0 cm³/mol. The minimum absolute atomic E-state index is 0.836. The molecule has 0 saturated carbocycles. The van der Waals surface area contributed by atoms with Crippen LogP contribution in [0.2, 0.25) is 0 Å². The van der Waals surface area contributed by atoms with Crippen molar-refractivity contribution in [2.45, 2.75) is 13.5 Å². The zero-order chi connectivity index (χ0) is 12.3. The van der Waals surface area contributed by atoms with Crippen molar-refractivity contribution in [2.75, 3.05) is 11.9 Å². The van der Waals surface area contributed by atoms with E-state index in [-0.39, 0.29) is 0 Å². The lowest BCUT2D eigenvalue weighted by Crippen LogP contribution is -2.18. The van der Waals surface area contributed by atoms with E-state index in [1.165, 1.54) is 11.1 Å². The van der Waals surface area contributed by atoms with E-state index in [2.05, 4.69) is 62.0 Å². The van der Waals surface area contributed by atoms with Gasteiger partial charge in [0, 0.05) is 19.8 Å². The molecule has 0 aliphatic carbocycles. The highest BCUT2D eigenvalue weighted by Gasteiger charge is 2.08. The third kappa shape index (κ3) is 2.82. The van der Waals surface area contributed by atoms with Crippen LogP contribution in [0.1, 0.15) is 11.1 Å². The molecular formula is C13H14BrN3. The van der Waals surface area contributed by atoms with Crippen LogP contribution in [0, 0.1) is 6.92 Å². The van der Waals surface area contributed by atoms with Crippen LogP contribution in [0.25, 0.3) is 0 Å². The molecular weight excluding hydrogens is 278 g/mol. The van der Waals surface area contributed by atoms with Gasteiger partial charge in [-0.1, -0.05) is 24.3 Å². The normalized spacial score (nSPS) is 10.3. The van der Waals surface area contributed by atoms with Crippen molar-refractivity contribution in [2.24, 2.45) is 0 Å². The third-order valence-corrected chi connectivity index (χ3v) is 3.24. The molecule has 1 aromatic carbocycles. The van der Waals surface area contributed by atoms with Crippen molar-refractivity contribution in [3.8, 4) is 0 Å². The van der Waals surface area contributed by atoms with Gasteiger partial charge in [0.25, 0.3) is 0 Å². The molecule has 1 aromatic heterocycles. The molecule has 0 aliphatic heterocycles. The quantitative estimate of drug-likeness (QED) is 0.870. The molecule has 3 nitrogen and oxygen atoms in total. The number of hydrogen-bond donors (Lipinski definition) is 0. The van der Waals surface area contributed by atoms with E-state index < -0.39 is 0 Å². The highest BCUT2D eigenvalue weighted by molar-refractivity contribution is 9.10. The Morgan fingerprint density at radius 2 is 2.06 bits per heavy atom. The highest BCUT2D eigenvalue weighted by atomic mass is 79.9. The Morgan fingerprint density at radius 1 is 1.29 bits per heavy atom. The molecule has 4 heteroatoms. The van der Waals surface area contributed by atoms with E-state index >= 15 is 0 Å². The first kappa shape index (κ1) is 12.0. The van der Waals surface area contributed by atoms with Gasteiger partial charge in [-0.25, -0.2) is 9.97 Å². The molecule has 0 fully saturated rings. The predicted octanol–water partition coefficient (Wildman–Crippen LogP) is 3.18. The van der Waals surface area contributed by atoms with E-state index in [0.717, 1.165) is 16.8 Å². The maximum absolute atomic E-state index is 4.27. The van der Waals surface area contributed by atoms with Gasteiger partial charge in [-0.3, -0.25) is 0 Å². The monoisotopic (exact) mass is 291 g/mol. The number of rotatable bonds is 3. The second kappa shape index (κ2) is 5.27. The lowest BCUT2D eigenvalue weighted by atomic mass is 10.1. The van der Waals surface area contributed by atoms with Gasteiger partial charge in [-0.15, -0.1) is 0 Å². The number of aryl methyl sites for hydroxylation is 1. The summed E-state index contributed by atoms with van der Waals surface area (Å²) in [4.78, 5) is 10.3. The van der Waals surface area contributed by atoms with Gasteiger partial charge < -0.3 is 4.90 Å². The van der Waals surface area contributed by atoms with Crippen LogP contribution in [0.5, 0.6) is 0 Å². The van der Waals surface area contributed by atoms with Crippen LogP contribution >= 0.6 is 15.9 Å². The van der Waals surface area contributed by atoms with Crippen molar-refractivity contribution in [3.63, 3.8) is 0 Å². The first-order valence-electron chi connectivity index (χ1n) is 5.39. The van der Waals surface area contributed by atoms with Crippen LogP contribution in [-0.4, -0.2) is 17.0 Å². The number of hydrogen-bond acceptors (Lipinski definition) is 3. The van der Waals surface area contributed by atoms with Gasteiger partial charge in [0.1, 0.15) is 12.1 Å². The standard InChI is InChI=1S/C13H14BrN3/c1-10-5-3-4-6-11(10)8-17(2)13-12(14)7-15-9-16-13/h3-7,9H,8H2,1-2H3. The Balaban J connectivity index is 2.20. The molecule has 0 bridgehead atoms. The maximum Gasteiger partial charge on any atom is 0.146 e. The Labute approximate surface area is 110 Å². The second-order valence-electron chi connectivity index (χ2n) is 3.98. The van der Waals surface area contributed by atoms with E-state index in [9.17, 15) is 0 Å². The minimum atomic E-state index is 0.836. The molecule has 0 atom stereocenters. The van der Waals surface area contributed by atoms with E-state index in [1.54, 1.807) is 12.5 Å². The second-order valence-corrected chi connectivity index (χ2v) is 4.83. The SMILES string of the molecule is Cc1ccccc1CN(C)c1ncncc1Br. The van der Waals surface area contributed by atoms with Crippen molar-refractivity contribution in [1.82, 2.24) is 9.97 Å². The fourth-order valence-corrected chi connectivity index (χ4v) is 2.23. The van der Waals surface area contributed by atoms with Crippen LogP contribution in [0.4, 0.5) is 5.82 Å². The molecule has 17 heavy (non-hydrogen) atoms. The molecule has 1 heterocycles. The van der Waals surface area contributed by atoms with Crippen molar-refractivity contribution < 1.29 is 0 Å². The summed E-state index contributed by atoms with van der Waals surface area (Å²) < 4.78 is 0.913. The molecule has 0 saturated heterocycles. The molecule has 0 aliphatic rings. The fourth-order valence-electron chi connectivity index (χ4n) is 1.70. The van der Waals surface area contributed by atoms with Crippen molar-refractivity contribution in [3.05, 3.63) is 52.4 Å². The van der Waals surface area contributed by atoms with Crippen molar-refractivity contribution in [1.29, 1.82) is 0 Å². The average molecular weight is 292 g/mol. The van der Waals surface area contributed by atoms with Gasteiger partial charge >= 0.3 is 0 Å². The summed E-state index contributed by atoms with van der Waals surface area (Å²) in [5.41, 5.74) is 2.60. The zero-order valence-corrected chi connectivity index (χ0v) is 11.5. The molecule has 0 amide bonds. The Kier molecular flexibility index (Phi) is 3.74. The number of anilines is 1. The fraction of sp³-hybridized carbons (Fsp3) is 0.231. The molecule has 88 valence electrons. The lowest BCUT2D eigenvalue weighted by molar-refractivity contribution is 0.879. The van der Waals surface area contributed by atoms with Crippen LogP contribution < -0.4 is 4.90 Å². The third-order valence-electron chi connectivity index (χ3n) is 2.68. The summed E-state index contributed by atoms with van der Waals surface area (Å²) in [5, 5.41) is 0. The molecule has 0 spiro atoms. The smallest absolute Gasteiger partial charge is 0.146 e. The number of nitrogens with zero attached hydrogens (tertiary/aromatic N) is 3. The summed E-state index contributed by atoms with van der Waals surface area (Å²) in [7, 11) is 2.03. The van der Waals surface area contributed by atoms with Gasteiger partial charge in [0.15, 0.2) is 0 Å². The van der Waals surface area contributed by atoms with E-state index in [0.29, 0.717) is 0 Å². The molecule has 0 N–H and O–H groups in total. The Bertz CT molecular complexity index is 514. The summed E-state index contributed by atoms with van der Waals surface area (Å²) in [6.07, 6.45) is 3.32. The zero-order valence-electron chi connectivity index (χ0n) is 9.89. The average Bonchev–Trinajstić information content (AvgIpc) is 2.32. The molecule has 2 aromatic rings. The Morgan fingerprint density at radius 3 is 2.76 bits per heavy atom. The number of benzene rings is 1. The largest absolute Gasteiger partial charge is 0.354 e. The van der Waals surface area contributed by atoms with Gasteiger partial charge in [-0.2, -0.15) is 0 Å². The van der Waals surface area contributed by atoms with Crippen LogP contribution in [0.15, 0.2) is 41.3 Å². The van der Waals surface area contributed by atoms with E-state index in [1.807, 2.05) is 7.05 Å². The maximum atomic E-state index is 4.27. The van der Waals surface area contributed by atoms with Crippen LogP contribution in [-0.2, 0) is 6.54 Å². The highest BCUT2D eigenvalue weighted by Crippen LogP contribution is 2.22. The van der Waals surface area contributed by atoms with Gasteiger partial charge in [0.05, 0.1) is 4.47 Å². The van der Waals surface area contributed by atoms with Crippen LogP contribution in [0.3, 0.4) is 0 Å². The molecule has 2 rings (SSSR count). The lowest BCUT2D eigenvalue weighted by Gasteiger charge is -2.20. The molecule has 0 unspecified atom stereocenters. The topological polar surface area (TPSA) is 29.0 Å². The first-order chi connectivity index (χ1) is 8.18. The number of halogens is 1. The molecule has 0 radical (unpaired) electrons.